The maximum absolute atomic E-state index is 12.5. The summed E-state index contributed by atoms with van der Waals surface area (Å²) in [5.74, 6) is 0. The van der Waals surface area contributed by atoms with Gasteiger partial charge in [0.2, 0.25) is 5.28 Å². The van der Waals surface area contributed by atoms with Gasteiger partial charge in [0.05, 0.1) is 23.9 Å². The summed E-state index contributed by atoms with van der Waals surface area (Å²) in [6, 6.07) is 8.80. The van der Waals surface area contributed by atoms with E-state index in [1.54, 1.807) is 25.1 Å². The predicted molar refractivity (Wildman–Crippen MR) is 78.1 cm³/mol. The lowest BCUT2D eigenvalue weighted by molar-refractivity contribution is 0.608. The Morgan fingerprint density at radius 2 is 2.19 bits per heavy atom. The van der Waals surface area contributed by atoms with Crippen LogP contribution in [0.15, 0.2) is 35.3 Å². The molecule has 0 spiro atoms. The van der Waals surface area contributed by atoms with Gasteiger partial charge in [-0.2, -0.15) is 15.3 Å². The third-order valence-corrected chi connectivity index (χ3v) is 3.66. The van der Waals surface area contributed by atoms with Gasteiger partial charge < -0.3 is 0 Å². The molecule has 3 aromatic rings. The van der Waals surface area contributed by atoms with E-state index in [9.17, 15) is 10.1 Å². The highest BCUT2D eigenvalue weighted by atomic mass is 35.5. The number of fused-ring (bicyclic) bond motifs is 1. The zero-order valence-electron chi connectivity index (χ0n) is 11.0. The number of benzene rings is 1. The smallest absolute Gasteiger partial charge is 0.266 e. The number of hydrogen-bond donors (Lipinski definition) is 1. The Bertz CT molecular complexity index is 921. The fourth-order valence-corrected chi connectivity index (χ4v) is 2.63. The molecule has 0 fully saturated rings. The van der Waals surface area contributed by atoms with Gasteiger partial charge in [-0.05, 0) is 30.2 Å². The SMILES string of the molecule is CC(c1ccccc1C#N)n1c(Cl)nc2[nH]ncc2c1=O. The number of halogens is 1. The molecule has 0 saturated heterocycles. The Labute approximate surface area is 124 Å². The van der Waals surface area contributed by atoms with E-state index in [1.165, 1.54) is 10.8 Å². The molecule has 0 aliphatic rings. The molecule has 2 heterocycles. The van der Waals surface area contributed by atoms with Crippen LogP contribution in [-0.2, 0) is 0 Å². The summed E-state index contributed by atoms with van der Waals surface area (Å²) in [6.07, 6.45) is 1.42. The average Bonchev–Trinajstić information content (AvgIpc) is 2.95. The van der Waals surface area contributed by atoms with Gasteiger partial charge in [-0.3, -0.25) is 14.5 Å². The van der Waals surface area contributed by atoms with Crippen LogP contribution >= 0.6 is 11.6 Å². The number of nitrogens with zero attached hydrogens (tertiary/aromatic N) is 4. The monoisotopic (exact) mass is 299 g/mol. The van der Waals surface area contributed by atoms with E-state index in [0.29, 0.717) is 22.2 Å². The van der Waals surface area contributed by atoms with Gasteiger partial charge >= 0.3 is 0 Å². The second-order valence-corrected chi connectivity index (χ2v) is 4.90. The topological polar surface area (TPSA) is 87.4 Å². The zero-order valence-corrected chi connectivity index (χ0v) is 11.8. The van der Waals surface area contributed by atoms with Gasteiger partial charge in [0.15, 0.2) is 5.65 Å². The van der Waals surface area contributed by atoms with Gasteiger partial charge in [-0.25, -0.2) is 0 Å². The first kappa shape index (κ1) is 13.3. The summed E-state index contributed by atoms with van der Waals surface area (Å²) < 4.78 is 1.36. The quantitative estimate of drug-likeness (QED) is 0.735. The molecule has 0 aliphatic carbocycles. The zero-order chi connectivity index (χ0) is 15.0. The van der Waals surface area contributed by atoms with Crippen molar-refractivity contribution in [2.75, 3.05) is 0 Å². The standard InChI is InChI=1S/C14H10ClN5O/c1-8(10-5-3-2-4-9(10)6-16)20-13(21)11-7-17-19-12(11)18-14(20)15/h2-5,7-8H,1H3,(H,17,19). The van der Waals surface area contributed by atoms with Crippen molar-refractivity contribution in [1.82, 2.24) is 19.7 Å². The Hall–Kier alpha value is -2.65. The highest BCUT2D eigenvalue weighted by Gasteiger charge is 2.19. The van der Waals surface area contributed by atoms with Gasteiger partial charge in [-0.1, -0.05) is 18.2 Å². The Kier molecular flexibility index (Phi) is 3.20. The molecule has 1 unspecified atom stereocenters. The second-order valence-electron chi connectivity index (χ2n) is 4.56. The molecule has 1 N–H and O–H groups in total. The maximum atomic E-state index is 12.5. The molecule has 2 aromatic heterocycles. The summed E-state index contributed by atoms with van der Waals surface area (Å²) in [5.41, 5.74) is 1.27. The molecular formula is C14H10ClN5O. The highest BCUT2D eigenvalue weighted by molar-refractivity contribution is 6.28. The van der Waals surface area contributed by atoms with Gasteiger partial charge in [0.25, 0.3) is 5.56 Å². The molecule has 3 rings (SSSR count). The van der Waals surface area contributed by atoms with Crippen molar-refractivity contribution in [1.29, 1.82) is 5.26 Å². The molecule has 0 radical (unpaired) electrons. The number of aromatic amines is 1. The van der Waals surface area contributed by atoms with Crippen molar-refractivity contribution in [2.24, 2.45) is 0 Å². The summed E-state index contributed by atoms with van der Waals surface area (Å²) in [7, 11) is 0. The minimum Gasteiger partial charge on any atom is -0.275 e. The molecule has 1 aromatic carbocycles. The molecule has 0 saturated carbocycles. The lowest BCUT2D eigenvalue weighted by Crippen LogP contribution is -2.26. The summed E-state index contributed by atoms with van der Waals surface area (Å²) in [4.78, 5) is 16.6. The molecular weight excluding hydrogens is 290 g/mol. The van der Waals surface area contributed by atoms with Crippen LogP contribution in [0.3, 0.4) is 0 Å². The fraction of sp³-hybridized carbons (Fsp3) is 0.143. The first-order chi connectivity index (χ1) is 10.1. The minimum absolute atomic E-state index is 0.0528. The molecule has 104 valence electrons. The number of hydrogen-bond acceptors (Lipinski definition) is 4. The molecule has 0 bridgehead atoms. The summed E-state index contributed by atoms with van der Waals surface area (Å²) >= 11 is 6.13. The molecule has 21 heavy (non-hydrogen) atoms. The van der Waals surface area contributed by atoms with E-state index in [-0.39, 0.29) is 10.8 Å². The number of nitrogens with one attached hydrogen (secondary N) is 1. The predicted octanol–water partition coefficient (Wildman–Crippen LogP) is 2.25. The number of nitriles is 1. The molecule has 6 nitrogen and oxygen atoms in total. The minimum atomic E-state index is -0.410. The van der Waals surface area contributed by atoms with E-state index in [0.717, 1.165) is 0 Å². The molecule has 0 amide bonds. The van der Waals surface area contributed by atoms with Crippen molar-refractivity contribution in [3.63, 3.8) is 0 Å². The van der Waals surface area contributed by atoms with Crippen molar-refractivity contribution in [3.8, 4) is 6.07 Å². The lowest BCUT2D eigenvalue weighted by Gasteiger charge is -2.17. The Morgan fingerprint density at radius 1 is 1.43 bits per heavy atom. The van der Waals surface area contributed by atoms with Gasteiger partial charge in [0.1, 0.15) is 5.39 Å². The third kappa shape index (κ3) is 2.08. The third-order valence-electron chi connectivity index (χ3n) is 3.39. The van der Waals surface area contributed by atoms with Crippen LogP contribution in [-0.4, -0.2) is 19.7 Å². The largest absolute Gasteiger partial charge is 0.275 e. The van der Waals surface area contributed by atoms with Crippen molar-refractivity contribution >= 4 is 22.6 Å². The maximum Gasteiger partial charge on any atom is 0.266 e. The molecule has 0 aliphatic heterocycles. The first-order valence-electron chi connectivity index (χ1n) is 6.23. The normalized spacial score (nSPS) is 12.2. The average molecular weight is 300 g/mol. The lowest BCUT2D eigenvalue weighted by atomic mass is 10.0. The van der Waals surface area contributed by atoms with E-state index >= 15 is 0 Å². The van der Waals surface area contributed by atoms with Gasteiger partial charge in [0, 0.05) is 0 Å². The number of rotatable bonds is 2. The van der Waals surface area contributed by atoms with Crippen LogP contribution in [0.5, 0.6) is 0 Å². The van der Waals surface area contributed by atoms with Crippen LogP contribution in [0.1, 0.15) is 24.1 Å². The second kappa shape index (κ2) is 5.04. The number of H-pyrrole nitrogens is 1. The van der Waals surface area contributed by atoms with Crippen molar-refractivity contribution in [2.45, 2.75) is 13.0 Å². The molecule has 7 heteroatoms. The van der Waals surface area contributed by atoms with Gasteiger partial charge in [-0.15, -0.1) is 0 Å². The van der Waals surface area contributed by atoms with Crippen LogP contribution in [0.2, 0.25) is 5.28 Å². The number of aromatic nitrogens is 4. The van der Waals surface area contributed by atoms with E-state index in [4.69, 9.17) is 11.6 Å². The first-order valence-corrected chi connectivity index (χ1v) is 6.61. The Balaban J connectivity index is 2.25. The summed E-state index contributed by atoms with van der Waals surface area (Å²) in [6.45, 7) is 1.80. The van der Waals surface area contributed by atoms with Crippen LogP contribution in [0.25, 0.3) is 11.0 Å². The van der Waals surface area contributed by atoms with Crippen molar-refractivity contribution < 1.29 is 0 Å². The van der Waals surface area contributed by atoms with Crippen LogP contribution < -0.4 is 5.56 Å². The van der Waals surface area contributed by atoms with E-state index in [2.05, 4.69) is 21.3 Å². The fourth-order valence-electron chi connectivity index (χ4n) is 2.32. The van der Waals surface area contributed by atoms with E-state index < -0.39 is 6.04 Å². The Morgan fingerprint density at radius 3 is 2.95 bits per heavy atom. The van der Waals surface area contributed by atoms with Crippen LogP contribution in [0, 0.1) is 11.3 Å². The van der Waals surface area contributed by atoms with E-state index in [1.807, 2.05) is 6.07 Å². The van der Waals surface area contributed by atoms with Crippen LogP contribution in [0.4, 0.5) is 0 Å². The highest BCUT2D eigenvalue weighted by Crippen LogP contribution is 2.23. The molecule has 1 atom stereocenters. The summed E-state index contributed by atoms with van der Waals surface area (Å²) in [5, 5.41) is 16.0. The van der Waals surface area contributed by atoms with Crippen molar-refractivity contribution in [3.05, 3.63) is 57.2 Å².